The molecular weight excluding hydrogens is 478 g/mol. The van der Waals surface area contributed by atoms with E-state index in [1.165, 1.54) is 0 Å². The summed E-state index contributed by atoms with van der Waals surface area (Å²) < 4.78 is 65.2. The molecule has 1 aliphatic rings. The summed E-state index contributed by atoms with van der Waals surface area (Å²) in [4.78, 5) is 10.9. The molecule has 192 valence electrons. The van der Waals surface area contributed by atoms with E-state index in [9.17, 15) is 17.6 Å². The predicted molar refractivity (Wildman–Crippen MR) is 126 cm³/mol. The van der Waals surface area contributed by atoms with Gasteiger partial charge in [0.15, 0.2) is 0 Å². The van der Waals surface area contributed by atoms with Gasteiger partial charge in [0.25, 0.3) is 5.92 Å². The predicted octanol–water partition coefficient (Wildman–Crippen LogP) is 5.81. The van der Waals surface area contributed by atoms with Gasteiger partial charge in [0, 0.05) is 23.9 Å². The number of alkyl halides is 4. The number of imidazole rings is 1. The van der Waals surface area contributed by atoms with Gasteiger partial charge in [-0.3, -0.25) is 9.88 Å². The van der Waals surface area contributed by atoms with Crippen molar-refractivity contribution in [2.45, 2.75) is 59.2 Å². The maximum atomic E-state index is 13.8. The molecule has 11 heteroatoms. The molecule has 1 aliphatic heterocycles. The van der Waals surface area contributed by atoms with Gasteiger partial charge in [0.05, 0.1) is 48.7 Å². The molecule has 0 spiro atoms. The minimum absolute atomic E-state index is 0.168. The minimum atomic E-state index is -2.92. The molecule has 5 rings (SSSR count). The highest BCUT2D eigenvalue weighted by atomic mass is 19.3. The number of pyridine rings is 1. The van der Waals surface area contributed by atoms with Crippen molar-refractivity contribution < 1.29 is 26.8 Å². The van der Waals surface area contributed by atoms with Crippen LogP contribution in [0, 0.1) is 20.8 Å². The Morgan fingerprint density at radius 2 is 1.94 bits per heavy atom. The third-order valence-electron chi connectivity index (χ3n) is 6.76. The zero-order chi connectivity index (χ0) is 25.8. The van der Waals surface area contributed by atoms with Crippen LogP contribution in [0.3, 0.4) is 0 Å². The Morgan fingerprint density at radius 3 is 2.58 bits per heavy atom. The highest BCUT2D eigenvalue weighted by Crippen LogP contribution is 2.36. The third-order valence-corrected chi connectivity index (χ3v) is 6.76. The number of benzene rings is 1. The van der Waals surface area contributed by atoms with E-state index in [0.29, 0.717) is 28.1 Å². The first-order chi connectivity index (χ1) is 17.0. The Hall–Kier alpha value is -3.05. The van der Waals surface area contributed by atoms with Crippen molar-refractivity contribution in [1.82, 2.24) is 24.6 Å². The number of likely N-dealkylation sites (tertiary alicyclic amines) is 1. The number of hydrogen-bond donors (Lipinski definition) is 0. The number of ether oxygens (including phenoxy) is 1. The van der Waals surface area contributed by atoms with E-state index >= 15 is 0 Å². The van der Waals surface area contributed by atoms with Crippen molar-refractivity contribution in [3.05, 3.63) is 41.2 Å². The number of aromatic nitrogens is 4. The van der Waals surface area contributed by atoms with Crippen LogP contribution in [0.15, 0.2) is 22.9 Å². The van der Waals surface area contributed by atoms with E-state index in [4.69, 9.17) is 9.51 Å². The minimum Gasteiger partial charge on any atom is -0.361 e. The number of rotatable bonds is 7. The quantitative estimate of drug-likeness (QED) is 0.296. The fourth-order valence-electron chi connectivity index (χ4n) is 5.13. The molecule has 0 aliphatic carbocycles. The lowest BCUT2D eigenvalue weighted by Crippen LogP contribution is -2.27. The maximum absolute atomic E-state index is 13.8. The molecule has 1 fully saturated rings. The second-order valence-corrected chi connectivity index (χ2v) is 9.53. The zero-order valence-electron chi connectivity index (χ0n) is 20.5. The van der Waals surface area contributed by atoms with Crippen molar-refractivity contribution in [1.29, 1.82) is 0 Å². The normalized spacial score (nSPS) is 17.1. The fourth-order valence-corrected chi connectivity index (χ4v) is 5.13. The largest absolute Gasteiger partial charge is 0.361 e. The average Bonchev–Trinajstić information content (AvgIpc) is 3.46. The van der Waals surface area contributed by atoms with Gasteiger partial charge in [0.2, 0.25) is 0 Å². The van der Waals surface area contributed by atoms with Crippen molar-refractivity contribution in [2.24, 2.45) is 0 Å². The van der Waals surface area contributed by atoms with Gasteiger partial charge < -0.3 is 13.8 Å². The standard InChI is InChI=1S/C25H27F4N5O2/c1-13-7-18-19(8-17(13)22-15(3)32-36-16(22)4)30-9-20-23(18)34(14(2)11-35-24(26)27)21(31-20)10-33-6-5-25(28,29)12-33/h7-9,14,24H,5-6,10-12H2,1-4H3/t14-/m1/s1. The van der Waals surface area contributed by atoms with E-state index in [1.807, 2.05) is 37.5 Å². The Kier molecular flexibility index (Phi) is 6.24. The first-order valence-electron chi connectivity index (χ1n) is 11.8. The molecule has 4 heterocycles. The molecule has 0 unspecified atom stereocenters. The van der Waals surface area contributed by atoms with Gasteiger partial charge in [-0.1, -0.05) is 5.16 Å². The number of hydrogen-bond acceptors (Lipinski definition) is 6. The van der Waals surface area contributed by atoms with Crippen LogP contribution in [0.4, 0.5) is 17.6 Å². The first-order valence-corrected chi connectivity index (χ1v) is 11.8. The smallest absolute Gasteiger partial charge is 0.345 e. The van der Waals surface area contributed by atoms with Crippen molar-refractivity contribution in [3.63, 3.8) is 0 Å². The van der Waals surface area contributed by atoms with Gasteiger partial charge >= 0.3 is 6.61 Å². The maximum Gasteiger partial charge on any atom is 0.345 e. The first kappa shape index (κ1) is 24.6. The lowest BCUT2D eigenvalue weighted by molar-refractivity contribution is -0.135. The number of aryl methyl sites for hydroxylation is 3. The number of fused-ring (bicyclic) bond motifs is 3. The van der Waals surface area contributed by atoms with Crippen LogP contribution in [0.5, 0.6) is 0 Å². The van der Waals surface area contributed by atoms with Gasteiger partial charge in [-0.15, -0.1) is 0 Å². The topological polar surface area (TPSA) is 69.2 Å². The number of halogens is 4. The summed E-state index contributed by atoms with van der Waals surface area (Å²) in [5, 5.41) is 4.84. The molecule has 0 amide bonds. The molecule has 4 aromatic rings. The molecule has 3 aromatic heterocycles. The van der Waals surface area contributed by atoms with Crippen LogP contribution in [0.1, 0.15) is 42.2 Å². The zero-order valence-corrected chi connectivity index (χ0v) is 20.5. The van der Waals surface area contributed by atoms with E-state index in [1.54, 1.807) is 18.0 Å². The summed E-state index contributed by atoms with van der Waals surface area (Å²) in [5.74, 6) is -1.54. The van der Waals surface area contributed by atoms with Crippen LogP contribution in [-0.2, 0) is 11.3 Å². The number of nitrogens with zero attached hydrogens (tertiary/aromatic N) is 5. The molecule has 0 N–H and O–H groups in total. The lowest BCUT2D eigenvalue weighted by atomic mass is 9.96. The van der Waals surface area contributed by atoms with E-state index in [2.05, 4.69) is 14.9 Å². The Balaban J connectivity index is 1.66. The van der Waals surface area contributed by atoms with Gasteiger partial charge in [-0.2, -0.15) is 8.78 Å². The Labute approximate surface area is 205 Å². The summed E-state index contributed by atoms with van der Waals surface area (Å²) in [7, 11) is 0. The van der Waals surface area contributed by atoms with Crippen LogP contribution in [0.2, 0.25) is 0 Å². The SMILES string of the molecule is Cc1cc2c(cc1-c1c(C)noc1C)ncc1nc(CN3CCC(F)(F)C3)n([C@H](C)COC(F)F)c12. The summed E-state index contributed by atoms with van der Waals surface area (Å²) in [5.41, 5.74) is 5.52. The lowest BCUT2D eigenvalue weighted by Gasteiger charge is -2.21. The van der Waals surface area contributed by atoms with E-state index in [-0.39, 0.29) is 32.7 Å². The van der Waals surface area contributed by atoms with Gasteiger partial charge in [-0.25, -0.2) is 13.8 Å². The summed E-state index contributed by atoms with van der Waals surface area (Å²) in [6, 6.07) is 3.42. The van der Waals surface area contributed by atoms with E-state index in [0.717, 1.165) is 27.8 Å². The highest BCUT2D eigenvalue weighted by Gasteiger charge is 2.38. The average molecular weight is 506 g/mol. The molecule has 1 atom stereocenters. The Bertz CT molecular complexity index is 1410. The Morgan fingerprint density at radius 1 is 1.17 bits per heavy atom. The fraction of sp³-hybridized carbons (Fsp3) is 0.480. The van der Waals surface area contributed by atoms with Crippen molar-refractivity contribution in [3.8, 4) is 11.1 Å². The molecule has 36 heavy (non-hydrogen) atoms. The second-order valence-electron chi connectivity index (χ2n) is 9.53. The summed E-state index contributed by atoms with van der Waals surface area (Å²) in [6.45, 7) is 4.31. The monoisotopic (exact) mass is 505 g/mol. The van der Waals surface area contributed by atoms with Crippen LogP contribution >= 0.6 is 0 Å². The summed E-state index contributed by atoms with van der Waals surface area (Å²) in [6.07, 6.45) is 1.41. The summed E-state index contributed by atoms with van der Waals surface area (Å²) >= 11 is 0. The molecule has 7 nitrogen and oxygen atoms in total. The van der Waals surface area contributed by atoms with Crippen LogP contribution < -0.4 is 0 Å². The molecule has 1 aromatic carbocycles. The molecule has 0 bridgehead atoms. The molecule has 0 radical (unpaired) electrons. The second kappa shape index (κ2) is 9.11. The molecular formula is C25H27F4N5O2. The third kappa shape index (κ3) is 4.45. The van der Waals surface area contributed by atoms with Crippen LogP contribution in [-0.4, -0.2) is 56.8 Å². The van der Waals surface area contributed by atoms with Crippen molar-refractivity contribution >= 4 is 21.9 Å². The molecule has 0 saturated carbocycles. The van der Waals surface area contributed by atoms with Crippen molar-refractivity contribution in [2.75, 3.05) is 19.7 Å². The van der Waals surface area contributed by atoms with E-state index < -0.39 is 18.6 Å². The highest BCUT2D eigenvalue weighted by molar-refractivity contribution is 6.04. The van der Waals surface area contributed by atoms with Gasteiger partial charge in [-0.05, 0) is 51.0 Å². The van der Waals surface area contributed by atoms with Crippen LogP contribution in [0.25, 0.3) is 33.1 Å². The van der Waals surface area contributed by atoms with Gasteiger partial charge in [0.1, 0.15) is 17.1 Å². The molecule has 1 saturated heterocycles.